The highest BCUT2D eigenvalue weighted by atomic mass is 16.3. The number of aliphatic hydroxyl groups is 2. The molecule has 1 rings (SSSR count). The zero-order chi connectivity index (χ0) is 9.78. The van der Waals surface area contributed by atoms with Crippen LogP contribution in [0.4, 0.5) is 0 Å². The number of aliphatic hydroxyl groups excluding tert-OH is 1. The first-order valence-electron chi connectivity index (χ1n) is 4.31. The number of rotatable bonds is 0. The molecule has 0 amide bonds. The fraction of sp³-hybridized carbons (Fsp3) is 1.00. The van der Waals surface area contributed by atoms with E-state index in [1.165, 1.54) is 6.92 Å². The normalized spacial score (nSPS) is 37.0. The maximum absolute atomic E-state index is 9.24. The third kappa shape index (κ3) is 4.66. The van der Waals surface area contributed by atoms with Crippen LogP contribution in [-0.4, -0.2) is 22.2 Å². The molecule has 0 heterocycles. The first-order valence-corrected chi connectivity index (χ1v) is 4.31. The summed E-state index contributed by atoms with van der Waals surface area (Å²) in [6, 6.07) is 0. The highest BCUT2D eigenvalue weighted by molar-refractivity contribution is 4.83. The summed E-state index contributed by atoms with van der Waals surface area (Å²) in [5.74, 6) is 0.294. The minimum Gasteiger partial charge on any atom is -0.379 e. The average molecular weight is 176 g/mol. The Hall–Kier alpha value is -0.160. The maximum atomic E-state index is 9.24. The molecule has 0 aliphatic heterocycles. The first-order chi connectivity index (χ1) is 5.36. The van der Waals surface area contributed by atoms with E-state index in [9.17, 15) is 5.11 Å². The van der Waals surface area contributed by atoms with Crippen molar-refractivity contribution in [3.8, 4) is 0 Å². The van der Waals surface area contributed by atoms with Gasteiger partial charge in [0.25, 0.3) is 0 Å². The molecule has 4 heteroatoms. The molecule has 74 valence electrons. The summed E-state index contributed by atoms with van der Waals surface area (Å²) >= 11 is 0. The van der Waals surface area contributed by atoms with E-state index in [0.29, 0.717) is 5.92 Å². The topological polar surface area (TPSA) is 92.5 Å². The molecule has 3 unspecified atom stereocenters. The van der Waals surface area contributed by atoms with Crippen molar-refractivity contribution in [2.75, 3.05) is 0 Å². The van der Waals surface area contributed by atoms with Gasteiger partial charge in [0.1, 0.15) is 5.72 Å². The quantitative estimate of drug-likeness (QED) is 0.382. The van der Waals surface area contributed by atoms with E-state index in [1.54, 1.807) is 0 Å². The summed E-state index contributed by atoms with van der Waals surface area (Å²) in [4.78, 5) is 0. The van der Waals surface area contributed by atoms with Gasteiger partial charge in [0.15, 0.2) is 0 Å². The molecule has 3 atom stereocenters. The summed E-state index contributed by atoms with van der Waals surface area (Å²) in [5, 5.41) is 17.1. The van der Waals surface area contributed by atoms with Gasteiger partial charge in [0.2, 0.25) is 0 Å². The summed E-state index contributed by atoms with van der Waals surface area (Å²) in [7, 11) is 0. The van der Waals surface area contributed by atoms with Crippen LogP contribution in [-0.2, 0) is 0 Å². The molecular weight excluding hydrogens is 156 g/mol. The molecule has 0 aromatic heterocycles. The van der Waals surface area contributed by atoms with Gasteiger partial charge in [-0.15, -0.1) is 0 Å². The van der Waals surface area contributed by atoms with E-state index in [1.807, 2.05) is 6.92 Å². The Morgan fingerprint density at radius 3 is 2.08 bits per heavy atom. The lowest BCUT2D eigenvalue weighted by Gasteiger charge is -2.20. The van der Waals surface area contributed by atoms with E-state index in [0.717, 1.165) is 19.3 Å². The van der Waals surface area contributed by atoms with Crippen LogP contribution in [0.5, 0.6) is 0 Å². The fourth-order valence-electron chi connectivity index (χ4n) is 1.19. The lowest BCUT2D eigenvalue weighted by molar-refractivity contribution is 0.0157. The van der Waals surface area contributed by atoms with E-state index in [-0.39, 0.29) is 0 Å². The smallest absolute Gasteiger partial charge is 0.116 e. The molecule has 12 heavy (non-hydrogen) atoms. The minimum atomic E-state index is -0.847. The SMILES string of the molecule is CC(N)O.CC1CCCC1(N)O. The largest absolute Gasteiger partial charge is 0.379 e. The summed E-state index contributed by atoms with van der Waals surface area (Å²) in [6.45, 7) is 3.49. The van der Waals surface area contributed by atoms with Gasteiger partial charge < -0.3 is 21.7 Å². The molecule has 0 saturated heterocycles. The van der Waals surface area contributed by atoms with Crippen LogP contribution < -0.4 is 11.5 Å². The average Bonchev–Trinajstić information content (AvgIpc) is 2.10. The van der Waals surface area contributed by atoms with Crippen molar-refractivity contribution in [1.29, 1.82) is 0 Å². The third-order valence-corrected chi connectivity index (χ3v) is 2.07. The van der Waals surface area contributed by atoms with Gasteiger partial charge >= 0.3 is 0 Å². The van der Waals surface area contributed by atoms with E-state index in [2.05, 4.69) is 5.73 Å². The van der Waals surface area contributed by atoms with Crippen molar-refractivity contribution < 1.29 is 10.2 Å². The van der Waals surface area contributed by atoms with Crippen molar-refractivity contribution in [2.24, 2.45) is 17.4 Å². The second-order valence-electron chi connectivity index (χ2n) is 3.53. The summed E-state index contributed by atoms with van der Waals surface area (Å²) in [6.07, 6.45) is 2.26. The molecule has 0 bridgehead atoms. The van der Waals surface area contributed by atoms with E-state index >= 15 is 0 Å². The molecule has 0 aromatic carbocycles. The van der Waals surface area contributed by atoms with Gasteiger partial charge in [-0.1, -0.05) is 6.92 Å². The van der Waals surface area contributed by atoms with Crippen LogP contribution in [0.3, 0.4) is 0 Å². The van der Waals surface area contributed by atoms with E-state index in [4.69, 9.17) is 10.8 Å². The van der Waals surface area contributed by atoms with Gasteiger partial charge in [0, 0.05) is 0 Å². The van der Waals surface area contributed by atoms with Crippen LogP contribution in [0.1, 0.15) is 33.1 Å². The highest BCUT2D eigenvalue weighted by Gasteiger charge is 2.33. The van der Waals surface area contributed by atoms with Crippen LogP contribution in [0, 0.1) is 5.92 Å². The molecule has 1 fully saturated rings. The van der Waals surface area contributed by atoms with Crippen LogP contribution >= 0.6 is 0 Å². The Labute approximate surface area is 73.6 Å². The highest BCUT2D eigenvalue weighted by Crippen LogP contribution is 2.30. The number of hydrogen-bond acceptors (Lipinski definition) is 4. The molecular formula is C8H20N2O2. The molecule has 1 saturated carbocycles. The molecule has 0 aromatic rings. The zero-order valence-electron chi connectivity index (χ0n) is 7.83. The van der Waals surface area contributed by atoms with Gasteiger partial charge in [-0.25, -0.2) is 0 Å². The molecule has 0 spiro atoms. The van der Waals surface area contributed by atoms with Crippen LogP contribution in [0.25, 0.3) is 0 Å². The zero-order valence-corrected chi connectivity index (χ0v) is 7.83. The van der Waals surface area contributed by atoms with Gasteiger partial charge in [0.05, 0.1) is 6.23 Å². The van der Waals surface area contributed by atoms with Crippen LogP contribution in [0.15, 0.2) is 0 Å². The second-order valence-corrected chi connectivity index (χ2v) is 3.53. The summed E-state index contributed by atoms with van der Waals surface area (Å²) < 4.78 is 0. The lowest BCUT2D eigenvalue weighted by atomic mass is 10.0. The van der Waals surface area contributed by atoms with Crippen molar-refractivity contribution >= 4 is 0 Å². The van der Waals surface area contributed by atoms with Gasteiger partial charge in [-0.05, 0) is 32.1 Å². The Kier molecular flexibility index (Phi) is 4.70. The maximum Gasteiger partial charge on any atom is 0.116 e. The molecule has 4 nitrogen and oxygen atoms in total. The van der Waals surface area contributed by atoms with Crippen molar-refractivity contribution in [2.45, 2.75) is 45.1 Å². The monoisotopic (exact) mass is 176 g/mol. The second kappa shape index (κ2) is 4.77. The number of nitrogens with two attached hydrogens (primary N) is 2. The number of hydrogen-bond donors (Lipinski definition) is 4. The molecule has 6 N–H and O–H groups in total. The Bertz CT molecular complexity index is 123. The predicted octanol–water partition coefficient (Wildman–Crippen LogP) is -0.263. The first kappa shape index (κ1) is 11.8. The van der Waals surface area contributed by atoms with Crippen molar-refractivity contribution in [1.82, 2.24) is 0 Å². The van der Waals surface area contributed by atoms with Gasteiger partial charge in [-0.3, -0.25) is 0 Å². The lowest BCUT2D eigenvalue weighted by Crippen LogP contribution is -2.41. The molecule has 1 aliphatic carbocycles. The van der Waals surface area contributed by atoms with Crippen LogP contribution in [0.2, 0.25) is 0 Å². The standard InChI is InChI=1S/C6H13NO.C2H7NO/c1-5-3-2-4-6(5,7)8;1-2(3)4/h5,8H,2-4,7H2,1H3;2,4H,3H2,1H3. The van der Waals surface area contributed by atoms with Gasteiger partial charge in [-0.2, -0.15) is 0 Å². The predicted molar refractivity (Wildman–Crippen MR) is 48.0 cm³/mol. The Morgan fingerprint density at radius 2 is 2.00 bits per heavy atom. The van der Waals surface area contributed by atoms with Crippen molar-refractivity contribution in [3.63, 3.8) is 0 Å². The van der Waals surface area contributed by atoms with Crippen molar-refractivity contribution in [3.05, 3.63) is 0 Å². The molecule has 1 aliphatic rings. The Balaban J connectivity index is 0.000000261. The summed E-state index contributed by atoms with van der Waals surface area (Å²) in [5.41, 5.74) is 9.30. The Morgan fingerprint density at radius 1 is 1.58 bits per heavy atom. The third-order valence-electron chi connectivity index (χ3n) is 2.07. The fourth-order valence-corrected chi connectivity index (χ4v) is 1.19. The molecule has 0 radical (unpaired) electrons. The van der Waals surface area contributed by atoms with E-state index < -0.39 is 12.0 Å². The minimum absolute atomic E-state index is 0.294.